The summed E-state index contributed by atoms with van der Waals surface area (Å²) in [6.45, 7) is 1.44. The van der Waals surface area contributed by atoms with Crippen molar-refractivity contribution in [2.75, 3.05) is 5.32 Å². The third-order valence-electron chi connectivity index (χ3n) is 1.81. The summed E-state index contributed by atoms with van der Waals surface area (Å²) in [5.74, 6) is -0.999. The lowest BCUT2D eigenvalue weighted by Gasteiger charge is -2.02. The second kappa shape index (κ2) is 5.70. The van der Waals surface area contributed by atoms with E-state index < -0.39 is 5.97 Å². The largest absolute Gasteiger partial charge is 0.481 e. The number of carbonyl (C=O) groups is 2. The van der Waals surface area contributed by atoms with Crippen LogP contribution in [0.5, 0.6) is 0 Å². The molecule has 4 nitrogen and oxygen atoms in total. The number of hydrogen-bond donors (Lipinski definition) is 2. The van der Waals surface area contributed by atoms with Gasteiger partial charge in [-0.05, 0) is 17.7 Å². The van der Waals surface area contributed by atoms with Crippen LogP contribution in [-0.2, 0) is 9.59 Å². The van der Waals surface area contributed by atoms with Gasteiger partial charge in [-0.2, -0.15) is 0 Å². The Morgan fingerprint density at radius 3 is 2.81 bits per heavy atom. The fourth-order valence-electron chi connectivity index (χ4n) is 1.22. The van der Waals surface area contributed by atoms with E-state index in [1.165, 1.54) is 6.92 Å². The lowest BCUT2D eigenvalue weighted by Crippen LogP contribution is -2.05. The molecule has 0 heterocycles. The molecule has 1 aromatic rings. The molecule has 1 aromatic carbocycles. The first-order chi connectivity index (χ1) is 7.58. The number of carboxylic acids is 1. The summed E-state index contributed by atoms with van der Waals surface area (Å²) >= 11 is 0. The molecule has 0 bridgehead atoms. The molecular weight excluding hydrogens is 206 g/mol. The number of hydrogen-bond acceptors (Lipinski definition) is 2. The molecule has 16 heavy (non-hydrogen) atoms. The van der Waals surface area contributed by atoms with Crippen molar-refractivity contribution in [2.24, 2.45) is 0 Å². The van der Waals surface area contributed by atoms with Crippen molar-refractivity contribution in [3.63, 3.8) is 0 Å². The number of aliphatic carboxylic acids is 1. The van der Waals surface area contributed by atoms with Crippen LogP contribution in [0.3, 0.4) is 0 Å². The van der Waals surface area contributed by atoms with Crippen LogP contribution in [0.2, 0.25) is 0 Å². The number of carboxylic acid groups (broad SMARTS) is 1. The van der Waals surface area contributed by atoms with Gasteiger partial charge in [-0.15, -0.1) is 0 Å². The maximum Gasteiger partial charge on any atom is 0.307 e. The van der Waals surface area contributed by atoms with E-state index in [-0.39, 0.29) is 12.3 Å². The fourth-order valence-corrected chi connectivity index (χ4v) is 1.22. The van der Waals surface area contributed by atoms with Gasteiger partial charge in [-0.1, -0.05) is 24.3 Å². The van der Waals surface area contributed by atoms with Crippen LogP contribution in [-0.4, -0.2) is 17.0 Å². The van der Waals surface area contributed by atoms with Crippen molar-refractivity contribution < 1.29 is 14.7 Å². The third-order valence-corrected chi connectivity index (χ3v) is 1.81. The van der Waals surface area contributed by atoms with E-state index in [0.29, 0.717) is 5.69 Å². The zero-order valence-corrected chi connectivity index (χ0v) is 8.93. The first-order valence-corrected chi connectivity index (χ1v) is 4.84. The highest BCUT2D eigenvalue weighted by molar-refractivity contribution is 5.89. The molecule has 2 N–H and O–H groups in total. The van der Waals surface area contributed by atoms with Crippen molar-refractivity contribution in [1.82, 2.24) is 0 Å². The van der Waals surface area contributed by atoms with E-state index in [4.69, 9.17) is 5.11 Å². The number of benzene rings is 1. The topological polar surface area (TPSA) is 66.4 Å². The predicted octanol–water partition coefficient (Wildman–Crippen LogP) is 2.13. The Hall–Kier alpha value is -2.10. The molecule has 0 unspecified atom stereocenters. The minimum Gasteiger partial charge on any atom is -0.481 e. The summed E-state index contributed by atoms with van der Waals surface area (Å²) in [6, 6.07) is 7.19. The van der Waals surface area contributed by atoms with E-state index in [2.05, 4.69) is 5.32 Å². The third kappa shape index (κ3) is 4.41. The Kier molecular flexibility index (Phi) is 4.27. The van der Waals surface area contributed by atoms with Gasteiger partial charge in [0.1, 0.15) is 0 Å². The Bertz CT molecular complexity index is 424. The number of carbonyl (C=O) groups excluding carboxylic acids is 1. The lowest BCUT2D eigenvalue weighted by atomic mass is 10.2. The molecule has 1 rings (SSSR count). The fraction of sp³-hybridized carbons (Fsp3) is 0.167. The molecule has 84 valence electrons. The molecule has 0 spiro atoms. The van der Waals surface area contributed by atoms with Crippen molar-refractivity contribution in [1.29, 1.82) is 0 Å². The van der Waals surface area contributed by atoms with Crippen molar-refractivity contribution in [2.45, 2.75) is 13.3 Å². The first-order valence-electron chi connectivity index (χ1n) is 4.84. The summed E-state index contributed by atoms with van der Waals surface area (Å²) < 4.78 is 0. The molecule has 0 aliphatic heterocycles. The average molecular weight is 219 g/mol. The van der Waals surface area contributed by atoms with Gasteiger partial charge in [-0.25, -0.2) is 0 Å². The monoisotopic (exact) mass is 219 g/mol. The van der Waals surface area contributed by atoms with E-state index in [9.17, 15) is 9.59 Å². The highest BCUT2D eigenvalue weighted by Crippen LogP contribution is 2.12. The van der Waals surface area contributed by atoms with Gasteiger partial charge in [0.15, 0.2) is 0 Å². The molecular formula is C12H13NO3. The summed E-state index contributed by atoms with van der Waals surface area (Å²) in [5.41, 5.74) is 1.55. The second-order valence-electron chi connectivity index (χ2n) is 3.31. The summed E-state index contributed by atoms with van der Waals surface area (Å²) in [5, 5.41) is 11.1. The van der Waals surface area contributed by atoms with Crippen LogP contribution >= 0.6 is 0 Å². The molecule has 0 radical (unpaired) electrons. The van der Waals surface area contributed by atoms with Gasteiger partial charge in [-0.3, -0.25) is 9.59 Å². The highest BCUT2D eigenvalue weighted by Gasteiger charge is 1.95. The Labute approximate surface area is 93.6 Å². The first kappa shape index (κ1) is 12.0. The Balaban J connectivity index is 2.70. The predicted molar refractivity (Wildman–Crippen MR) is 62.0 cm³/mol. The van der Waals surface area contributed by atoms with Gasteiger partial charge in [0.25, 0.3) is 0 Å². The quantitative estimate of drug-likeness (QED) is 0.815. The van der Waals surface area contributed by atoms with Crippen LogP contribution in [0.4, 0.5) is 5.69 Å². The second-order valence-corrected chi connectivity index (χ2v) is 3.31. The summed E-state index contributed by atoms with van der Waals surface area (Å²) in [4.78, 5) is 21.1. The molecule has 0 atom stereocenters. The highest BCUT2D eigenvalue weighted by atomic mass is 16.4. The zero-order valence-electron chi connectivity index (χ0n) is 8.93. The SMILES string of the molecule is CC(=O)Nc1cccc(C=CCC(=O)O)c1. The van der Waals surface area contributed by atoms with Crippen LogP contribution in [0.25, 0.3) is 6.08 Å². The average Bonchev–Trinajstić information content (AvgIpc) is 2.16. The standard InChI is InChI=1S/C12H13NO3/c1-9(14)13-11-6-2-4-10(8-11)5-3-7-12(15)16/h2-6,8H,7H2,1H3,(H,13,14)(H,15,16). The molecule has 0 aliphatic rings. The molecule has 0 saturated heterocycles. The van der Waals surface area contributed by atoms with Gasteiger partial charge in [0.2, 0.25) is 5.91 Å². The number of nitrogens with one attached hydrogen (secondary N) is 1. The summed E-state index contributed by atoms with van der Waals surface area (Å²) in [7, 11) is 0. The summed E-state index contributed by atoms with van der Waals surface area (Å²) in [6.07, 6.45) is 3.26. The van der Waals surface area contributed by atoms with Gasteiger partial charge in [0.05, 0.1) is 6.42 Å². The van der Waals surface area contributed by atoms with Crippen molar-refractivity contribution >= 4 is 23.6 Å². The van der Waals surface area contributed by atoms with Gasteiger partial charge in [0, 0.05) is 12.6 Å². The maximum atomic E-state index is 10.8. The van der Waals surface area contributed by atoms with E-state index in [1.807, 2.05) is 6.07 Å². The molecule has 0 aromatic heterocycles. The molecule has 0 saturated carbocycles. The van der Waals surface area contributed by atoms with Crippen LogP contribution < -0.4 is 5.32 Å². The Morgan fingerprint density at radius 2 is 2.19 bits per heavy atom. The minimum absolute atomic E-state index is 0.00956. The van der Waals surface area contributed by atoms with Crippen molar-refractivity contribution in [3.8, 4) is 0 Å². The van der Waals surface area contributed by atoms with E-state index in [0.717, 1.165) is 5.56 Å². The van der Waals surface area contributed by atoms with Crippen molar-refractivity contribution in [3.05, 3.63) is 35.9 Å². The molecule has 4 heteroatoms. The molecule has 0 fully saturated rings. The zero-order chi connectivity index (χ0) is 12.0. The van der Waals surface area contributed by atoms with Gasteiger partial charge >= 0.3 is 5.97 Å². The lowest BCUT2D eigenvalue weighted by molar-refractivity contribution is -0.136. The van der Waals surface area contributed by atoms with Crippen LogP contribution in [0.1, 0.15) is 18.9 Å². The normalized spacial score (nSPS) is 10.3. The number of rotatable bonds is 4. The smallest absolute Gasteiger partial charge is 0.307 e. The minimum atomic E-state index is -0.866. The number of amides is 1. The maximum absolute atomic E-state index is 10.8. The molecule has 0 aliphatic carbocycles. The van der Waals surface area contributed by atoms with Crippen LogP contribution in [0, 0.1) is 0 Å². The Morgan fingerprint density at radius 1 is 1.44 bits per heavy atom. The molecule has 1 amide bonds. The van der Waals surface area contributed by atoms with Gasteiger partial charge < -0.3 is 10.4 Å². The van der Waals surface area contributed by atoms with E-state index in [1.54, 1.807) is 30.4 Å². The van der Waals surface area contributed by atoms with E-state index >= 15 is 0 Å². The number of anilines is 1. The van der Waals surface area contributed by atoms with Crippen LogP contribution in [0.15, 0.2) is 30.3 Å².